The molecule has 1 aliphatic rings. The fraction of sp³-hybridized carbons (Fsp3) is 0.250. The van der Waals surface area contributed by atoms with Gasteiger partial charge in [-0.3, -0.25) is 4.79 Å². The van der Waals surface area contributed by atoms with Crippen molar-refractivity contribution < 1.29 is 49.6 Å². The Kier molecular flexibility index (Phi) is 5.11. The lowest BCUT2D eigenvalue weighted by Gasteiger charge is -2.21. The molecule has 4 atom stereocenters. The summed E-state index contributed by atoms with van der Waals surface area (Å²) in [5, 5.41) is 68.6. The van der Waals surface area contributed by atoms with Crippen molar-refractivity contribution in [3.63, 3.8) is 0 Å². The van der Waals surface area contributed by atoms with E-state index in [9.17, 15) is 40.5 Å². The van der Waals surface area contributed by atoms with Crippen LogP contribution < -0.4 is 10.2 Å². The van der Waals surface area contributed by atoms with E-state index in [0.717, 1.165) is 18.2 Å². The Morgan fingerprint density at radius 1 is 1.00 bits per heavy atom. The summed E-state index contributed by atoms with van der Waals surface area (Å²) in [5.74, 6) is -2.71. The van der Waals surface area contributed by atoms with Crippen LogP contribution >= 0.6 is 0 Å². The molecule has 2 aromatic carbocycles. The van der Waals surface area contributed by atoms with Crippen LogP contribution in [0.15, 0.2) is 39.5 Å². The molecule has 164 valence electrons. The number of fused-ring (bicyclic) bond motifs is 1. The molecule has 3 aromatic rings. The molecule has 31 heavy (non-hydrogen) atoms. The van der Waals surface area contributed by atoms with Gasteiger partial charge in [-0.05, 0) is 18.2 Å². The molecule has 0 aliphatic carbocycles. The average Bonchev–Trinajstić information content (AvgIpc) is 2.99. The van der Waals surface area contributed by atoms with Gasteiger partial charge in [0.25, 0.3) is 0 Å². The monoisotopic (exact) mass is 434 g/mol. The first kappa shape index (κ1) is 20.8. The summed E-state index contributed by atoms with van der Waals surface area (Å²) in [4.78, 5) is 12.4. The maximum Gasteiger partial charge on any atom is 0.238 e. The number of hydrogen-bond acceptors (Lipinski definition) is 11. The second kappa shape index (κ2) is 7.63. The highest BCUT2D eigenvalue weighted by molar-refractivity contribution is 5.88. The van der Waals surface area contributed by atoms with Gasteiger partial charge in [0.15, 0.2) is 29.7 Å². The van der Waals surface area contributed by atoms with Gasteiger partial charge in [0.2, 0.25) is 11.2 Å². The topological polar surface area (TPSA) is 190 Å². The summed E-state index contributed by atoms with van der Waals surface area (Å²) in [6.45, 7) is -0.548. The van der Waals surface area contributed by atoms with Crippen molar-refractivity contribution in [2.75, 3.05) is 6.61 Å². The molecule has 0 amide bonds. The minimum Gasteiger partial charge on any atom is -0.508 e. The second-order valence-corrected chi connectivity index (χ2v) is 6.95. The van der Waals surface area contributed by atoms with E-state index in [1.807, 2.05) is 0 Å². The first-order valence-corrected chi connectivity index (χ1v) is 9.05. The third-order valence-electron chi connectivity index (χ3n) is 4.91. The zero-order chi connectivity index (χ0) is 22.4. The smallest absolute Gasteiger partial charge is 0.238 e. The molecular formula is C20H18O11. The van der Waals surface area contributed by atoms with Gasteiger partial charge in [-0.1, -0.05) is 0 Å². The summed E-state index contributed by atoms with van der Waals surface area (Å²) in [6.07, 6.45) is -5.25. The van der Waals surface area contributed by atoms with Crippen LogP contribution in [0, 0.1) is 0 Å². The Balaban J connectivity index is 1.72. The number of benzene rings is 2. The van der Waals surface area contributed by atoms with Gasteiger partial charge in [0.1, 0.15) is 34.7 Å². The summed E-state index contributed by atoms with van der Waals surface area (Å²) in [6, 6.07) is 5.69. The highest BCUT2D eigenvalue weighted by Gasteiger charge is 2.44. The Hall–Kier alpha value is -3.51. The van der Waals surface area contributed by atoms with Crippen molar-refractivity contribution in [1.82, 2.24) is 0 Å². The Morgan fingerprint density at radius 3 is 2.42 bits per heavy atom. The normalized spacial score (nSPS) is 23.3. The van der Waals surface area contributed by atoms with Crippen LogP contribution in [-0.2, 0) is 4.74 Å². The fourth-order valence-corrected chi connectivity index (χ4v) is 3.39. The zero-order valence-electron chi connectivity index (χ0n) is 15.7. The summed E-state index contributed by atoms with van der Waals surface area (Å²) in [5.41, 5.74) is -1.08. The number of ether oxygens (including phenoxy) is 2. The molecule has 0 saturated carbocycles. The molecule has 0 unspecified atom stereocenters. The average molecular weight is 434 g/mol. The van der Waals surface area contributed by atoms with Crippen LogP contribution in [0.3, 0.4) is 0 Å². The van der Waals surface area contributed by atoms with E-state index in [4.69, 9.17) is 13.9 Å². The molecule has 1 saturated heterocycles. The van der Waals surface area contributed by atoms with Gasteiger partial charge in [0.05, 0.1) is 6.61 Å². The quantitative estimate of drug-likeness (QED) is 0.295. The number of rotatable bonds is 4. The largest absolute Gasteiger partial charge is 0.508 e. The lowest BCUT2D eigenvalue weighted by atomic mass is 10.1. The lowest BCUT2D eigenvalue weighted by Crippen LogP contribution is -2.39. The molecule has 0 bridgehead atoms. The number of phenolic OH excluding ortho intramolecular Hbond substituents is 3. The number of phenols is 3. The lowest BCUT2D eigenvalue weighted by molar-refractivity contribution is -0.132. The van der Waals surface area contributed by atoms with Crippen molar-refractivity contribution in [1.29, 1.82) is 0 Å². The second-order valence-electron chi connectivity index (χ2n) is 6.95. The molecule has 4 rings (SSSR count). The maximum absolute atomic E-state index is 12.4. The summed E-state index contributed by atoms with van der Waals surface area (Å²) >= 11 is 0. The van der Waals surface area contributed by atoms with Gasteiger partial charge in [-0.25, -0.2) is 0 Å². The van der Waals surface area contributed by atoms with E-state index >= 15 is 0 Å². The van der Waals surface area contributed by atoms with Crippen molar-refractivity contribution in [3.8, 4) is 40.1 Å². The SMILES string of the molecule is O=c1c(O)c(-c2ccc(O[C@@H]3[C@@H](O)[C@H](O)O[C@H]3CO)c(O)c2)oc2cc(O)cc(O)c12. The Bertz CT molecular complexity index is 1200. The standard InChI is InChI=1S/C20H18O11/c21-6-13-19(17(27)20(28)31-13)29-11-2-1-7(3-9(11)23)18-16(26)15(25)14-10(24)4-8(22)5-12(14)30-18/h1-5,13,17,19-24,26-28H,6H2/t13-,17+,19-,20+/m0/s1. The molecular weight excluding hydrogens is 416 g/mol. The van der Waals surface area contributed by atoms with Gasteiger partial charge in [0, 0.05) is 17.7 Å². The first-order valence-electron chi connectivity index (χ1n) is 9.05. The van der Waals surface area contributed by atoms with Crippen molar-refractivity contribution in [2.45, 2.75) is 24.6 Å². The molecule has 1 aromatic heterocycles. The van der Waals surface area contributed by atoms with Gasteiger partial charge in [-0.15, -0.1) is 0 Å². The third kappa shape index (κ3) is 3.49. The molecule has 2 heterocycles. The van der Waals surface area contributed by atoms with Crippen LogP contribution in [0.1, 0.15) is 0 Å². The highest BCUT2D eigenvalue weighted by atomic mass is 16.7. The maximum atomic E-state index is 12.4. The number of aromatic hydroxyl groups is 4. The molecule has 11 heteroatoms. The van der Waals surface area contributed by atoms with E-state index in [1.165, 1.54) is 12.1 Å². The molecule has 7 N–H and O–H groups in total. The van der Waals surface area contributed by atoms with Gasteiger partial charge in [-0.2, -0.15) is 0 Å². The van der Waals surface area contributed by atoms with E-state index in [-0.39, 0.29) is 33.8 Å². The van der Waals surface area contributed by atoms with Crippen LogP contribution in [0.25, 0.3) is 22.3 Å². The minimum absolute atomic E-state index is 0.0612. The Morgan fingerprint density at radius 2 is 1.74 bits per heavy atom. The zero-order valence-corrected chi connectivity index (χ0v) is 15.7. The van der Waals surface area contributed by atoms with E-state index in [1.54, 1.807) is 0 Å². The van der Waals surface area contributed by atoms with Gasteiger partial charge >= 0.3 is 0 Å². The predicted molar refractivity (Wildman–Crippen MR) is 103 cm³/mol. The molecule has 11 nitrogen and oxygen atoms in total. The highest BCUT2D eigenvalue weighted by Crippen LogP contribution is 2.39. The number of aliphatic hydroxyl groups is 3. The van der Waals surface area contributed by atoms with Crippen LogP contribution in [0.2, 0.25) is 0 Å². The van der Waals surface area contributed by atoms with E-state index in [2.05, 4.69) is 0 Å². The van der Waals surface area contributed by atoms with Crippen LogP contribution in [-0.4, -0.2) is 67.0 Å². The van der Waals surface area contributed by atoms with Crippen LogP contribution in [0.5, 0.6) is 28.7 Å². The Labute approximate surface area is 173 Å². The number of hydrogen-bond donors (Lipinski definition) is 7. The molecule has 0 radical (unpaired) electrons. The third-order valence-corrected chi connectivity index (χ3v) is 4.91. The summed E-state index contributed by atoms with van der Waals surface area (Å²) in [7, 11) is 0. The van der Waals surface area contributed by atoms with Crippen LogP contribution in [0.4, 0.5) is 0 Å². The predicted octanol–water partition coefficient (Wildman–Crippen LogP) is 0.100. The minimum atomic E-state index is -1.57. The fourth-order valence-electron chi connectivity index (χ4n) is 3.39. The van der Waals surface area contributed by atoms with E-state index < -0.39 is 53.9 Å². The van der Waals surface area contributed by atoms with Crippen molar-refractivity contribution >= 4 is 11.0 Å². The van der Waals surface area contributed by atoms with Crippen molar-refractivity contribution in [2.24, 2.45) is 0 Å². The summed E-state index contributed by atoms with van der Waals surface area (Å²) < 4.78 is 15.9. The first-order chi connectivity index (χ1) is 14.7. The molecule has 1 aliphatic heterocycles. The molecule has 0 spiro atoms. The van der Waals surface area contributed by atoms with Crippen molar-refractivity contribution in [3.05, 3.63) is 40.6 Å². The number of aliphatic hydroxyl groups excluding tert-OH is 3. The van der Waals surface area contributed by atoms with E-state index in [0.29, 0.717) is 0 Å². The molecule has 1 fully saturated rings. The van der Waals surface area contributed by atoms with Gasteiger partial charge < -0.3 is 49.6 Å².